The SMILES string of the molecule is C=C/C(=C\C=C(/C)N1CCOCC1)c1nc(C(C)(c2ccc(-c3cnc(N)nc3)cc2)C(C)C)no1. The van der Waals surface area contributed by atoms with E-state index in [9.17, 15) is 0 Å². The fourth-order valence-electron chi connectivity index (χ4n) is 4.23. The van der Waals surface area contributed by atoms with Crippen LogP contribution in [0.15, 0.2) is 71.7 Å². The highest BCUT2D eigenvalue weighted by molar-refractivity contribution is 5.69. The van der Waals surface area contributed by atoms with Gasteiger partial charge in [-0.15, -0.1) is 0 Å². The number of nitrogen functional groups attached to an aromatic ring is 1. The number of hydrogen-bond donors (Lipinski definition) is 1. The predicted molar refractivity (Wildman–Crippen MR) is 142 cm³/mol. The summed E-state index contributed by atoms with van der Waals surface area (Å²) < 4.78 is 11.2. The number of benzene rings is 1. The molecule has 1 aliphatic rings. The Morgan fingerprint density at radius 2 is 1.75 bits per heavy atom. The van der Waals surface area contributed by atoms with E-state index in [4.69, 9.17) is 20.0 Å². The van der Waals surface area contributed by atoms with Crippen LogP contribution in [0, 0.1) is 5.92 Å². The molecule has 4 rings (SSSR count). The van der Waals surface area contributed by atoms with Gasteiger partial charge >= 0.3 is 0 Å². The Bertz CT molecular complexity index is 1240. The lowest BCUT2D eigenvalue weighted by molar-refractivity contribution is 0.0537. The highest BCUT2D eigenvalue weighted by Gasteiger charge is 2.37. The first-order valence-corrected chi connectivity index (χ1v) is 12.2. The molecule has 0 radical (unpaired) electrons. The predicted octanol–water partition coefficient (Wildman–Crippen LogP) is 4.88. The molecule has 36 heavy (non-hydrogen) atoms. The quantitative estimate of drug-likeness (QED) is 0.450. The minimum Gasteiger partial charge on any atom is -0.378 e. The zero-order valence-corrected chi connectivity index (χ0v) is 21.4. The van der Waals surface area contributed by atoms with Crippen molar-refractivity contribution in [2.45, 2.75) is 33.1 Å². The molecule has 1 saturated heterocycles. The first kappa shape index (κ1) is 25.3. The average Bonchev–Trinajstić information content (AvgIpc) is 3.40. The third-order valence-corrected chi connectivity index (χ3v) is 7.02. The van der Waals surface area contributed by atoms with Gasteiger partial charge in [0.15, 0.2) is 5.82 Å². The molecule has 2 aromatic heterocycles. The van der Waals surface area contributed by atoms with Crippen molar-refractivity contribution in [2.75, 3.05) is 32.0 Å². The van der Waals surface area contributed by atoms with Crippen LogP contribution >= 0.6 is 0 Å². The van der Waals surface area contributed by atoms with Gasteiger partial charge in [0.2, 0.25) is 5.95 Å². The number of anilines is 1. The van der Waals surface area contributed by atoms with Crippen molar-refractivity contribution >= 4 is 11.5 Å². The monoisotopic (exact) mass is 486 g/mol. The Morgan fingerprint density at radius 1 is 1.08 bits per heavy atom. The maximum atomic E-state index is 5.73. The topological polar surface area (TPSA) is 103 Å². The van der Waals surface area contributed by atoms with E-state index < -0.39 is 5.41 Å². The third kappa shape index (κ3) is 5.23. The molecule has 2 N–H and O–H groups in total. The van der Waals surface area contributed by atoms with Crippen LogP contribution in [0.25, 0.3) is 16.7 Å². The number of allylic oxidation sites excluding steroid dienone is 5. The lowest BCUT2D eigenvalue weighted by Crippen LogP contribution is -2.34. The van der Waals surface area contributed by atoms with Crippen molar-refractivity contribution < 1.29 is 9.26 Å². The van der Waals surface area contributed by atoms with Gasteiger partial charge in [0.25, 0.3) is 5.89 Å². The second-order valence-corrected chi connectivity index (χ2v) is 9.42. The number of ether oxygens (including phenoxy) is 1. The Balaban J connectivity index is 1.61. The van der Waals surface area contributed by atoms with Crippen LogP contribution in [0.4, 0.5) is 5.95 Å². The second-order valence-electron chi connectivity index (χ2n) is 9.42. The number of aromatic nitrogens is 4. The van der Waals surface area contributed by atoms with E-state index in [2.05, 4.69) is 84.6 Å². The van der Waals surface area contributed by atoms with E-state index in [-0.39, 0.29) is 11.9 Å². The molecule has 0 bridgehead atoms. The van der Waals surface area contributed by atoms with Crippen molar-refractivity contribution in [3.63, 3.8) is 0 Å². The number of nitrogens with two attached hydrogens (primary N) is 1. The summed E-state index contributed by atoms with van der Waals surface area (Å²) in [7, 11) is 0. The van der Waals surface area contributed by atoms with Crippen LogP contribution in [0.3, 0.4) is 0 Å². The molecule has 1 atom stereocenters. The molecule has 1 aliphatic heterocycles. The molecule has 0 aliphatic carbocycles. The molecule has 3 aromatic rings. The van der Waals surface area contributed by atoms with Gasteiger partial charge in [0.1, 0.15) is 0 Å². The number of morpholine rings is 1. The molecular weight excluding hydrogens is 452 g/mol. The molecule has 188 valence electrons. The largest absolute Gasteiger partial charge is 0.378 e. The molecule has 1 unspecified atom stereocenters. The van der Waals surface area contributed by atoms with Gasteiger partial charge in [-0.2, -0.15) is 4.98 Å². The molecule has 8 nitrogen and oxygen atoms in total. The van der Waals surface area contributed by atoms with Crippen LogP contribution in [0.1, 0.15) is 45.0 Å². The van der Waals surface area contributed by atoms with Crippen molar-refractivity contribution in [1.82, 2.24) is 25.0 Å². The van der Waals surface area contributed by atoms with E-state index in [1.165, 1.54) is 0 Å². The maximum Gasteiger partial charge on any atom is 0.257 e. The Labute approximate surface area is 212 Å². The average molecular weight is 487 g/mol. The summed E-state index contributed by atoms with van der Waals surface area (Å²) in [6, 6.07) is 8.31. The highest BCUT2D eigenvalue weighted by Crippen LogP contribution is 2.38. The van der Waals surface area contributed by atoms with Gasteiger partial charge in [0, 0.05) is 42.3 Å². The van der Waals surface area contributed by atoms with Crippen LogP contribution in [0.2, 0.25) is 0 Å². The van der Waals surface area contributed by atoms with Crippen molar-refractivity contribution in [3.05, 3.63) is 84.4 Å². The molecular formula is C28H34N6O2. The molecule has 0 amide bonds. The maximum absolute atomic E-state index is 5.73. The lowest BCUT2D eigenvalue weighted by Gasteiger charge is -2.31. The number of hydrogen-bond acceptors (Lipinski definition) is 8. The smallest absolute Gasteiger partial charge is 0.257 e. The Hall–Kier alpha value is -3.78. The highest BCUT2D eigenvalue weighted by atomic mass is 16.5. The fraction of sp³-hybridized carbons (Fsp3) is 0.357. The summed E-state index contributed by atoms with van der Waals surface area (Å²) in [6.07, 6.45) is 9.24. The van der Waals surface area contributed by atoms with E-state index in [1.807, 2.05) is 6.08 Å². The second kappa shape index (κ2) is 10.9. The normalized spacial score (nSPS) is 16.8. The molecule has 8 heteroatoms. The molecule has 0 saturated carbocycles. The third-order valence-electron chi connectivity index (χ3n) is 7.02. The van der Waals surface area contributed by atoms with E-state index in [0.717, 1.165) is 54.3 Å². The lowest BCUT2D eigenvalue weighted by atomic mass is 9.72. The van der Waals surface area contributed by atoms with Crippen LogP contribution in [0.5, 0.6) is 0 Å². The minimum atomic E-state index is -0.455. The van der Waals surface area contributed by atoms with Crippen molar-refractivity contribution in [1.29, 1.82) is 0 Å². The summed E-state index contributed by atoms with van der Waals surface area (Å²) in [6.45, 7) is 15.8. The van der Waals surface area contributed by atoms with Crippen molar-refractivity contribution in [2.24, 2.45) is 5.92 Å². The molecule has 0 spiro atoms. The summed E-state index contributed by atoms with van der Waals surface area (Å²) in [5.41, 5.74) is 10.1. The number of nitrogens with zero attached hydrogens (tertiary/aromatic N) is 5. The van der Waals surface area contributed by atoms with Crippen LogP contribution in [-0.4, -0.2) is 51.3 Å². The molecule has 3 heterocycles. The summed E-state index contributed by atoms with van der Waals surface area (Å²) in [4.78, 5) is 15.3. The zero-order valence-electron chi connectivity index (χ0n) is 21.4. The van der Waals surface area contributed by atoms with E-state index in [0.29, 0.717) is 11.7 Å². The molecule has 1 fully saturated rings. The van der Waals surface area contributed by atoms with Crippen LogP contribution < -0.4 is 5.73 Å². The van der Waals surface area contributed by atoms with Crippen LogP contribution in [-0.2, 0) is 10.2 Å². The summed E-state index contributed by atoms with van der Waals surface area (Å²) >= 11 is 0. The van der Waals surface area contributed by atoms with Gasteiger partial charge in [-0.3, -0.25) is 0 Å². The zero-order chi connectivity index (χ0) is 25.7. The Kier molecular flexibility index (Phi) is 7.64. The number of rotatable bonds is 8. The first-order valence-electron chi connectivity index (χ1n) is 12.2. The minimum absolute atomic E-state index is 0.216. The summed E-state index contributed by atoms with van der Waals surface area (Å²) in [5, 5.41) is 4.41. The standard InChI is InChI=1S/C28H34N6O2/c1-6-21(8-7-20(4)34-13-15-35-16-14-34)25-32-26(33-36-25)28(5,19(2)3)24-11-9-22(10-12-24)23-17-30-27(29)31-18-23/h6-12,17-19H,1,13-16H2,2-5H3,(H2,29,30,31)/b20-7+,21-8+. The van der Waals surface area contributed by atoms with Gasteiger partial charge in [-0.05, 0) is 43.0 Å². The van der Waals surface area contributed by atoms with Gasteiger partial charge in [-0.1, -0.05) is 55.9 Å². The van der Waals surface area contributed by atoms with E-state index in [1.54, 1.807) is 18.5 Å². The van der Waals surface area contributed by atoms with Gasteiger partial charge in [-0.25, -0.2) is 9.97 Å². The van der Waals surface area contributed by atoms with Crippen molar-refractivity contribution in [3.8, 4) is 11.1 Å². The molecule has 1 aromatic carbocycles. The van der Waals surface area contributed by atoms with Gasteiger partial charge < -0.3 is 19.9 Å². The van der Waals surface area contributed by atoms with Gasteiger partial charge in [0.05, 0.1) is 18.6 Å². The summed E-state index contributed by atoms with van der Waals surface area (Å²) in [5.74, 6) is 1.56. The first-order chi connectivity index (χ1) is 17.3. The Morgan fingerprint density at radius 3 is 2.36 bits per heavy atom. The van der Waals surface area contributed by atoms with E-state index >= 15 is 0 Å². The fourth-order valence-corrected chi connectivity index (χ4v) is 4.23.